The van der Waals surface area contributed by atoms with Crippen LogP contribution in [0.4, 0.5) is 5.69 Å². The molecule has 1 fully saturated rings. The second-order valence-corrected chi connectivity index (χ2v) is 3.69. The normalized spacial score (nSPS) is 15.3. The van der Waals surface area contributed by atoms with E-state index in [0.29, 0.717) is 0 Å². The number of nitriles is 1. The molecule has 1 aromatic rings. The molecule has 0 aliphatic heterocycles. The summed E-state index contributed by atoms with van der Waals surface area (Å²) in [5, 5.41) is 12.6. The van der Waals surface area contributed by atoms with Crippen LogP contribution in [0.25, 0.3) is 0 Å². The van der Waals surface area contributed by atoms with Crippen LogP contribution in [0, 0.1) is 17.2 Å². The number of rotatable bonds is 4. The number of carbonyl (C=O) groups is 1. The second kappa shape index (κ2) is 4.58. The summed E-state index contributed by atoms with van der Waals surface area (Å²) in [4.78, 5) is 11.6. The van der Waals surface area contributed by atoms with Crippen LogP contribution < -0.4 is 5.43 Å². The van der Waals surface area contributed by atoms with Gasteiger partial charge < -0.3 is 0 Å². The van der Waals surface area contributed by atoms with E-state index in [4.69, 9.17) is 5.26 Å². The number of ketones is 1. The van der Waals surface area contributed by atoms with Gasteiger partial charge in [0.15, 0.2) is 5.78 Å². The Bertz CT molecular complexity index is 455. The van der Waals surface area contributed by atoms with Crippen LogP contribution in [0.2, 0.25) is 0 Å². The Balaban J connectivity index is 2.05. The van der Waals surface area contributed by atoms with E-state index in [1.54, 1.807) is 0 Å². The Morgan fingerprint density at radius 3 is 2.62 bits per heavy atom. The highest BCUT2D eigenvalue weighted by Gasteiger charge is 2.32. The molecule has 0 unspecified atom stereocenters. The van der Waals surface area contributed by atoms with Gasteiger partial charge in [0.1, 0.15) is 6.07 Å². The Labute approximate surface area is 93.6 Å². The summed E-state index contributed by atoms with van der Waals surface area (Å²) in [6.07, 6.45) is 1.76. The number of carbonyl (C=O) groups excluding carboxylic acids is 1. The van der Waals surface area contributed by atoms with Crippen molar-refractivity contribution in [1.29, 1.82) is 5.26 Å². The fourth-order valence-electron chi connectivity index (χ4n) is 1.31. The van der Waals surface area contributed by atoms with Gasteiger partial charge in [0.25, 0.3) is 0 Å². The van der Waals surface area contributed by atoms with Crippen molar-refractivity contribution in [3.63, 3.8) is 0 Å². The molecule has 0 aromatic heterocycles. The van der Waals surface area contributed by atoms with Gasteiger partial charge in [-0.2, -0.15) is 10.4 Å². The summed E-state index contributed by atoms with van der Waals surface area (Å²) in [6, 6.07) is 11.1. The van der Waals surface area contributed by atoms with E-state index >= 15 is 0 Å². The first-order valence-electron chi connectivity index (χ1n) is 5.14. The third kappa shape index (κ3) is 2.45. The zero-order valence-corrected chi connectivity index (χ0v) is 8.68. The maximum atomic E-state index is 11.6. The Hall–Kier alpha value is -2.15. The van der Waals surface area contributed by atoms with E-state index < -0.39 is 0 Å². The van der Waals surface area contributed by atoms with Crippen LogP contribution in [0.15, 0.2) is 35.4 Å². The molecular formula is C12H11N3O. The van der Waals surface area contributed by atoms with Gasteiger partial charge in [-0.05, 0) is 25.0 Å². The Kier molecular flexibility index (Phi) is 2.97. The van der Waals surface area contributed by atoms with Gasteiger partial charge in [-0.15, -0.1) is 0 Å². The van der Waals surface area contributed by atoms with Crippen molar-refractivity contribution < 1.29 is 4.79 Å². The van der Waals surface area contributed by atoms with Gasteiger partial charge in [0, 0.05) is 5.92 Å². The van der Waals surface area contributed by atoms with Gasteiger partial charge in [-0.3, -0.25) is 10.2 Å². The van der Waals surface area contributed by atoms with Crippen LogP contribution in [0.3, 0.4) is 0 Å². The largest absolute Gasteiger partial charge is 0.291 e. The minimum absolute atomic E-state index is 0.0240. The van der Waals surface area contributed by atoms with E-state index in [0.717, 1.165) is 18.5 Å². The summed E-state index contributed by atoms with van der Waals surface area (Å²) < 4.78 is 0. The molecule has 0 heterocycles. The topological polar surface area (TPSA) is 65.2 Å². The summed E-state index contributed by atoms with van der Waals surface area (Å²) in [5.41, 5.74) is 3.43. The van der Waals surface area contributed by atoms with E-state index in [1.807, 2.05) is 36.4 Å². The van der Waals surface area contributed by atoms with Crippen LogP contribution in [0.5, 0.6) is 0 Å². The number of nitrogens with zero attached hydrogens (tertiary/aromatic N) is 2. The Morgan fingerprint density at radius 2 is 2.06 bits per heavy atom. The summed E-state index contributed by atoms with van der Waals surface area (Å²) in [5.74, 6) is -0.123. The van der Waals surface area contributed by atoms with E-state index in [2.05, 4.69) is 10.5 Å². The van der Waals surface area contributed by atoms with Crippen molar-refractivity contribution >= 4 is 17.2 Å². The molecular weight excluding hydrogens is 202 g/mol. The fraction of sp³-hybridized carbons (Fsp3) is 0.250. The van der Waals surface area contributed by atoms with E-state index in [9.17, 15) is 4.79 Å². The minimum atomic E-state index is -0.147. The lowest BCUT2D eigenvalue weighted by Crippen LogP contribution is -2.15. The first-order valence-corrected chi connectivity index (χ1v) is 5.14. The molecule has 0 amide bonds. The lowest BCUT2D eigenvalue weighted by Gasteiger charge is -1.99. The highest BCUT2D eigenvalue weighted by atomic mass is 16.1. The molecule has 80 valence electrons. The molecule has 1 aliphatic rings. The molecule has 0 saturated heterocycles. The number of hydrogen-bond donors (Lipinski definition) is 1. The molecule has 1 N–H and O–H groups in total. The average Bonchev–Trinajstić information content (AvgIpc) is 3.15. The molecule has 16 heavy (non-hydrogen) atoms. The maximum absolute atomic E-state index is 11.6. The molecule has 2 rings (SSSR count). The van der Waals surface area contributed by atoms with Crippen LogP contribution >= 0.6 is 0 Å². The van der Waals surface area contributed by atoms with Gasteiger partial charge in [0.05, 0.1) is 5.69 Å². The second-order valence-electron chi connectivity index (χ2n) is 3.69. The monoisotopic (exact) mass is 213 g/mol. The minimum Gasteiger partial charge on any atom is -0.291 e. The zero-order valence-electron chi connectivity index (χ0n) is 8.68. The summed E-state index contributed by atoms with van der Waals surface area (Å²) >= 11 is 0. The molecule has 0 spiro atoms. The van der Waals surface area contributed by atoms with Crippen molar-refractivity contribution in [3.05, 3.63) is 30.3 Å². The number of anilines is 1. The van der Waals surface area contributed by atoms with Crippen molar-refractivity contribution in [2.75, 3.05) is 5.43 Å². The maximum Gasteiger partial charge on any atom is 0.203 e. The van der Waals surface area contributed by atoms with Gasteiger partial charge in [0.2, 0.25) is 5.71 Å². The molecule has 1 aliphatic carbocycles. The highest BCUT2D eigenvalue weighted by molar-refractivity contribution is 6.47. The molecule has 4 nitrogen and oxygen atoms in total. The fourth-order valence-corrected chi connectivity index (χ4v) is 1.31. The standard InChI is InChI=1S/C12H11N3O/c13-8-11(12(16)9-6-7-9)15-14-10-4-2-1-3-5-10/h1-5,9,14H,6-7H2. The van der Waals surface area contributed by atoms with Gasteiger partial charge >= 0.3 is 0 Å². The zero-order chi connectivity index (χ0) is 11.4. The predicted molar refractivity (Wildman–Crippen MR) is 60.8 cm³/mol. The lowest BCUT2D eigenvalue weighted by atomic mass is 10.2. The van der Waals surface area contributed by atoms with Crippen LogP contribution in [-0.4, -0.2) is 11.5 Å². The first kappa shape index (κ1) is 10.4. The molecule has 1 saturated carbocycles. The number of Topliss-reactive ketones (excluding diaryl/α,β-unsaturated/α-hetero) is 1. The number of para-hydroxylation sites is 1. The highest BCUT2D eigenvalue weighted by Crippen LogP contribution is 2.30. The Morgan fingerprint density at radius 1 is 1.38 bits per heavy atom. The van der Waals surface area contributed by atoms with E-state index in [-0.39, 0.29) is 17.4 Å². The summed E-state index contributed by atoms with van der Waals surface area (Å²) in [7, 11) is 0. The first-order chi connectivity index (χ1) is 7.81. The van der Waals surface area contributed by atoms with Crippen LogP contribution in [0.1, 0.15) is 12.8 Å². The average molecular weight is 213 g/mol. The predicted octanol–water partition coefficient (Wildman–Crippen LogP) is 1.96. The molecule has 0 radical (unpaired) electrons. The van der Waals surface area contributed by atoms with Gasteiger partial charge in [-0.25, -0.2) is 0 Å². The van der Waals surface area contributed by atoms with Crippen molar-refractivity contribution in [1.82, 2.24) is 0 Å². The van der Waals surface area contributed by atoms with Crippen molar-refractivity contribution in [2.45, 2.75) is 12.8 Å². The third-order valence-corrected chi connectivity index (χ3v) is 2.36. The van der Waals surface area contributed by atoms with Gasteiger partial charge in [-0.1, -0.05) is 18.2 Å². The quantitative estimate of drug-likeness (QED) is 0.614. The van der Waals surface area contributed by atoms with Crippen LogP contribution in [-0.2, 0) is 4.79 Å². The van der Waals surface area contributed by atoms with Crippen molar-refractivity contribution in [3.8, 4) is 6.07 Å². The molecule has 4 heteroatoms. The molecule has 0 bridgehead atoms. The number of benzene rings is 1. The summed E-state index contributed by atoms with van der Waals surface area (Å²) in [6.45, 7) is 0. The number of hydrazone groups is 1. The molecule has 1 aromatic carbocycles. The third-order valence-electron chi connectivity index (χ3n) is 2.36. The smallest absolute Gasteiger partial charge is 0.203 e. The molecule has 0 atom stereocenters. The number of hydrogen-bond acceptors (Lipinski definition) is 4. The van der Waals surface area contributed by atoms with Crippen molar-refractivity contribution in [2.24, 2.45) is 11.0 Å². The SMILES string of the molecule is N#CC(=NNc1ccccc1)C(=O)C1CC1. The number of nitrogens with one attached hydrogen (secondary N) is 1. The lowest BCUT2D eigenvalue weighted by molar-refractivity contribution is -0.113. The van der Waals surface area contributed by atoms with E-state index in [1.165, 1.54) is 0 Å².